The van der Waals surface area contributed by atoms with Crippen molar-refractivity contribution in [3.63, 3.8) is 0 Å². The zero-order chi connectivity index (χ0) is 14.2. The lowest BCUT2D eigenvalue weighted by molar-refractivity contribution is 0.603. The number of nitrogens with zero attached hydrogens (tertiary/aromatic N) is 1. The highest BCUT2D eigenvalue weighted by atomic mass is 35.5. The van der Waals surface area contributed by atoms with Crippen molar-refractivity contribution in [2.45, 2.75) is 11.1 Å². The molecule has 0 radical (unpaired) electrons. The van der Waals surface area contributed by atoms with E-state index >= 15 is 0 Å². The summed E-state index contributed by atoms with van der Waals surface area (Å²) in [4.78, 5) is 3.80. The fraction of sp³-hybridized carbons (Fsp3) is 0.100. The van der Waals surface area contributed by atoms with Crippen LogP contribution in [0.25, 0.3) is 0 Å². The second-order valence-corrected chi connectivity index (χ2v) is 7.96. The number of aryl methyl sites for hydroxylation is 1. The first kappa shape index (κ1) is 14.9. The molecule has 0 saturated heterocycles. The smallest absolute Gasteiger partial charge is 0.271 e. The molecule has 0 unspecified atom stereocenters. The van der Waals surface area contributed by atoms with Crippen LogP contribution in [0.2, 0.25) is 14.6 Å². The molecule has 2 heterocycles. The molecule has 0 aromatic carbocycles. The Morgan fingerprint density at radius 2 is 1.95 bits per heavy atom. The molecule has 1 N–H and O–H groups in total. The maximum atomic E-state index is 12.1. The molecule has 2 rings (SSSR count). The molecule has 0 aliphatic heterocycles. The Morgan fingerprint density at radius 1 is 1.26 bits per heavy atom. The summed E-state index contributed by atoms with van der Waals surface area (Å²) in [5.74, 6) is 0. The van der Waals surface area contributed by atoms with Crippen LogP contribution >= 0.6 is 46.1 Å². The monoisotopic (exact) mass is 356 g/mol. The molecule has 2 aromatic heterocycles. The van der Waals surface area contributed by atoms with Gasteiger partial charge in [0, 0.05) is 0 Å². The van der Waals surface area contributed by atoms with Crippen LogP contribution in [0, 0.1) is 6.92 Å². The van der Waals surface area contributed by atoms with Crippen LogP contribution < -0.4 is 4.72 Å². The quantitative estimate of drug-likeness (QED) is 0.837. The van der Waals surface area contributed by atoms with Crippen molar-refractivity contribution < 1.29 is 8.42 Å². The van der Waals surface area contributed by atoms with Gasteiger partial charge in [-0.25, -0.2) is 13.4 Å². The summed E-state index contributed by atoms with van der Waals surface area (Å²) >= 11 is 18.3. The summed E-state index contributed by atoms with van der Waals surface area (Å²) in [7, 11) is -3.73. The highest BCUT2D eigenvalue weighted by Gasteiger charge is 2.20. The lowest BCUT2D eigenvalue weighted by Crippen LogP contribution is -2.13. The molecule has 102 valence electrons. The topological polar surface area (TPSA) is 59.1 Å². The van der Waals surface area contributed by atoms with Crippen LogP contribution in [0.15, 0.2) is 22.4 Å². The third kappa shape index (κ3) is 3.32. The first-order valence-corrected chi connectivity index (χ1v) is 8.34. The van der Waals surface area contributed by atoms with Crippen LogP contribution in [0.1, 0.15) is 5.56 Å². The molecule has 0 saturated carbocycles. The van der Waals surface area contributed by atoms with Gasteiger partial charge in [-0.15, -0.1) is 11.3 Å². The largest absolute Gasteiger partial charge is 0.276 e. The summed E-state index contributed by atoms with van der Waals surface area (Å²) in [5.41, 5.74) is 0.784. The van der Waals surface area contributed by atoms with Crippen LogP contribution in [-0.2, 0) is 10.0 Å². The number of hydrogen-bond donors (Lipinski definition) is 1. The Balaban J connectivity index is 2.41. The Kier molecular flexibility index (Phi) is 4.27. The van der Waals surface area contributed by atoms with E-state index < -0.39 is 10.0 Å². The summed E-state index contributed by atoms with van der Waals surface area (Å²) in [5, 5.41) is 0.195. The number of aromatic nitrogens is 1. The van der Waals surface area contributed by atoms with Crippen molar-refractivity contribution in [2.75, 3.05) is 4.72 Å². The first-order chi connectivity index (χ1) is 8.79. The van der Waals surface area contributed by atoms with Gasteiger partial charge in [-0.3, -0.25) is 4.72 Å². The van der Waals surface area contributed by atoms with Gasteiger partial charge in [-0.2, -0.15) is 0 Å². The van der Waals surface area contributed by atoms with Gasteiger partial charge in [0.05, 0.1) is 10.0 Å². The molecule has 2 aromatic rings. The van der Waals surface area contributed by atoms with E-state index in [0.717, 1.165) is 11.3 Å². The van der Waals surface area contributed by atoms with E-state index in [1.165, 1.54) is 18.2 Å². The molecule has 0 aliphatic rings. The number of halogens is 3. The van der Waals surface area contributed by atoms with Crippen molar-refractivity contribution in [1.29, 1.82) is 0 Å². The number of pyridine rings is 1. The molecule has 4 nitrogen and oxygen atoms in total. The average molecular weight is 358 g/mol. The van der Waals surface area contributed by atoms with Gasteiger partial charge in [0.25, 0.3) is 10.0 Å². The number of thiophene rings is 1. The molecular formula is C10H7Cl3N2O2S2. The normalized spacial score (nSPS) is 11.6. The molecule has 19 heavy (non-hydrogen) atoms. The van der Waals surface area contributed by atoms with E-state index in [1.807, 2.05) is 0 Å². The second-order valence-electron chi connectivity index (χ2n) is 3.59. The van der Waals surface area contributed by atoms with E-state index in [-0.39, 0.29) is 20.2 Å². The predicted octanol–water partition coefficient (Wildman–Crippen LogP) is 4.21. The molecule has 9 heteroatoms. The summed E-state index contributed by atoms with van der Waals surface area (Å²) in [6, 6.07) is 4.45. The third-order valence-electron chi connectivity index (χ3n) is 2.19. The highest BCUT2D eigenvalue weighted by Crippen LogP contribution is 2.31. The summed E-state index contributed by atoms with van der Waals surface area (Å²) < 4.78 is 27.1. The molecule has 0 bridgehead atoms. The van der Waals surface area contributed by atoms with Crippen LogP contribution in [0.3, 0.4) is 0 Å². The number of sulfonamides is 1. The first-order valence-electron chi connectivity index (χ1n) is 4.90. The SMILES string of the molecule is Cc1cc(Cl)nc(Cl)c1NS(=O)(=O)c1ccc(Cl)s1. The Morgan fingerprint density at radius 3 is 2.47 bits per heavy atom. The van der Waals surface area contributed by atoms with Gasteiger partial charge < -0.3 is 0 Å². The average Bonchev–Trinajstić information content (AvgIpc) is 2.71. The highest BCUT2D eigenvalue weighted by molar-refractivity contribution is 7.94. The molecule has 0 aliphatic carbocycles. The van der Waals surface area contributed by atoms with E-state index in [0.29, 0.717) is 9.90 Å². The van der Waals surface area contributed by atoms with Crippen molar-refractivity contribution in [1.82, 2.24) is 4.98 Å². The molecule has 0 atom stereocenters. The Hall–Kier alpha value is -0.530. The molecule has 0 fully saturated rings. The second kappa shape index (κ2) is 5.46. The zero-order valence-electron chi connectivity index (χ0n) is 9.45. The maximum absolute atomic E-state index is 12.1. The van der Waals surface area contributed by atoms with Gasteiger partial charge >= 0.3 is 0 Å². The molecule has 0 spiro atoms. The summed E-state index contributed by atoms with van der Waals surface area (Å²) in [6.07, 6.45) is 0. The van der Waals surface area contributed by atoms with Crippen LogP contribution in [0.4, 0.5) is 5.69 Å². The van der Waals surface area contributed by atoms with E-state index in [1.54, 1.807) is 6.92 Å². The van der Waals surface area contributed by atoms with Crippen molar-refractivity contribution >= 4 is 61.9 Å². The van der Waals surface area contributed by atoms with Gasteiger partial charge in [-0.1, -0.05) is 34.8 Å². The maximum Gasteiger partial charge on any atom is 0.271 e. The molecular weight excluding hydrogens is 351 g/mol. The Labute approximate surface area is 129 Å². The minimum Gasteiger partial charge on any atom is -0.276 e. The van der Waals surface area contributed by atoms with Gasteiger partial charge in [0.15, 0.2) is 5.15 Å². The lowest BCUT2D eigenvalue weighted by atomic mass is 10.3. The fourth-order valence-corrected chi connectivity index (χ4v) is 4.60. The van der Waals surface area contributed by atoms with Crippen LogP contribution in [0.5, 0.6) is 0 Å². The predicted molar refractivity (Wildman–Crippen MR) is 79.1 cm³/mol. The van der Waals surface area contributed by atoms with E-state index in [9.17, 15) is 8.42 Å². The van der Waals surface area contributed by atoms with Crippen molar-refractivity contribution in [2.24, 2.45) is 0 Å². The van der Waals surface area contributed by atoms with Gasteiger partial charge in [-0.05, 0) is 30.7 Å². The van der Waals surface area contributed by atoms with E-state index in [4.69, 9.17) is 34.8 Å². The minimum absolute atomic E-state index is 0.00349. The van der Waals surface area contributed by atoms with Gasteiger partial charge in [0.2, 0.25) is 0 Å². The number of nitrogens with one attached hydrogen (secondary N) is 1. The molecule has 0 amide bonds. The minimum atomic E-state index is -3.73. The fourth-order valence-electron chi connectivity index (χ4n) is 1.34. The van der Waals surface area contributed by atoms with E-state index in [2.05, 4.69) is 9.71 Å². The number of rotatable bonds is 3. The van der Waals surface area contributed by atoms with Crippen LogP contribution in [-0.4, -0.2) is 13.4 Å². The Bertz CT molecular complexity index is 705. The van der Waals surface area contributed by atoms with Crippen molar-refractivity contribution in [3.8, 4) is 0 Å². The lowest BCUT2D eigenvalue weighted by Gasteiger charge is -2.10. The van der Waals surface area contributed by atoms with Crippen molar-refractivity contribution in [3.05, 3.63) is 38.4 Å². The number of hydrogen-bond acceptors (Lipinski definition) is 4. The standard InChI is InChI=1S/C10H7Cl3N2O2S2/c1-5-4-6(11)14-10(13)9(5)15-19(16,17)8-3-2-7(12)18-8/h2-4,15H,1H3. The summed E-state index contributed by atoms with van der Waals surface area (Å²) in [6.45, 7) is 1.68. The zero-order valence-corrected chi connectivity index (χ0v) is 13.3. The number of anilines is 1. The third-order valence-corrected chi connectivity index (χ3v) is 5.73. The van der Waals surface area contributed by atoms with Gasteiger partial charge in [0.1, 0.15) is 9.36 Å².